The van der Waals surface area contributed by atoms with Gasteiger partial charge < -0.3 is 10.1 Å². The Morgan fingerprint density at radius 2 is 2.14 bits per heavy atom. The molecular weight excluding hydrogens is 440 g/mol. The molecule has 2 N–H and O–H groups in total. The van der Waals surface area contributed by atoms with E-state index in [1.165, 1.54) is 0 Å². The van der Waals surface area contributed by atoms with Crippen molar-refractivity contribution >= 4 is 17.7 Å². The smallest absolute Gasteiger partial charge is 0.248 e. The first-order valence-electron chi connectivity index (χ1n) is 6.52. The van der Waals surface area contributed by atoms with Crippen LogP contribution in [0.1, 0.15) is 26.7 Å². The predicted molar refractivity (Wildman–Crippen MR) is 73.1 cm³/mol. The maximum atomic E-state index is 12.1. The Hall–Kier alpha value is -1.48. The maximum Gasteiger partial charge on any atom is 0.248 e. The van der Waals surface area contributed by atoms with Gasteiger partial charge in [-0.1, -0.05) is 19.9 Å². The van der Waals surface area contributed by atoms with Gasteiger partial charge in [0.1, 0.15) is 5.91 Å². The monoisotopic (exact) mass is 457 g/mol. The summed E-state index contributed by atoms with van der Waals surface area (Å²) in [6.45, 7) is 4.01. The average molecular weight is 457 g/mol. The predicted octanol–water partition coefficient (Wildman–Crippen LogP) is 0.787. The number of amides is 3. The van der Waals surface area contributed by atoms with Gasteiger partial charge in [-0.15, -0.1) is 17.7 Å². The van der Waals surface area contributed by atoms with Gasteiger partial charge in [-0.3, -0.25) is 14.9 Å². The molecule has 1 heterocycles. The fourth-order valence-corrected chi connectivity index (χ4v) is 1.96. The zero-order valence-electron chi connectivity index (χ0n) is 11.9. The summed E-state index contributed by atoms with van der Waals surface area (Å²) < 4.78 is 0. The molecule has 1 fully saturated rings. The van der Waals surface area contributed by atoms with Gasteiger partial charge in [0.05, 0.1) is 6.04 Å². The summed E-state index contributed by atoms with van der Waals surface area (Å²) in [5.41, 5.74) is 0.212. The van der Waals surface area contributed by atoms with Crippen molar-refractivity contribution in [1.82, 2.24) is 10.6 Å². The fourth-order valence-electron chi connectivity index (χ4n) is 1.96. The standard InChI is InChI=1S/C15H17N2O3.W/c1-15(2)8-3-4-10(7-9-15)13(19)16-11-5-6-12(18)17-14(11)20;/h3-4,8-9,11H,5-6H2,1-2H3,(H,16,19)(H,17,18,20);/q-1;. The second-order valence-electron chi connectivity index (χ2n) is 5.53. The van der Waals surface area contributed by atoms with Gasteiger partial charge in [-0.25, -0.2) is 0 Å². The minimum Gasteiger partial charge on any atom is -0.394 e. The topological polar surface area (TPSA) is 75.3 Å². The van der Waals surface area contributed by atoms with E-state index in [0.717, 1.165) is 0 Å². The second kappa shape index (κ2) is 6.99. The molecule has 1 saturated heterocycles. The van der Waals surface area contributed by atoms with Crippen LogP contribution in [0.2, 0.25) is 0 Å². The van der Waals surface area contributed by atoms with Gasteiger partial charge in [0.25, 0.3) is 0 Å². The normalized spacial score (nSPS) is 23.5. The van der Waals surface area contributed by atoms with E-state index < -0.39 is 11.9 Å². The van der Waals surface area contributed by atoms with Gasteiger partial charge in [-0.05, 0) is 11.8 Å². The third-order valence-corrected chi connectivity index (χ3v) is 3.18. The molecule has 3 amide bonds. The number of rotatable bonds is 2. The summed E-state index contributed by atoms with van der Waals surface area (Å²) in [5, 5.41) is 4.83. The van der Waals surface area contributed by atoms with Crippen molar-refractivity contribution in [2.24, 2.45) is 5.41 Å². The van der Waals surface area contributed by atoms with Crippen molar-refractivity contribution in [3.8, 4) is 0 Å². The number of carbonyl (C=O) groups excluding carboxylic acids is 3. The number of piperidine rings is 1. The zero-order chi connectivity index (χ0) is 14.8. The van der Waals surface area contributed by atoms with Crippen molar-refractivity contribution in [3.63, 3.8) is 0 Å². The van der Waals surface area contributed by atoms with Crippen molar-refractivity contribution in [3.05, 3.63) is 36.0 Å². The minimum atomic E-state index is -0.664. The molecule has 2 aliphatic rings. The quantitative estimate of drug-likeness (QED) is 0.476. The molecule has 21 heavy (non-hydrogen) atoms. The molecule has 0 bridgehead atoms. The molecule has 2 rings (SSSR count). The Morgan fingerprint density at radius 3 is 2.81 bits per heavy atom. The van der Waals surface area contributed by atoms with Gasteiger partial charge in [0.15, 0.2) is 0 Å². The van der Waals surface area contributed by atoms with E-state index in [1.54, 1.807) is 12.2 Å². The molecular formula is C15H17N2O3W-. The molecule has 6 heteroatoms. The molecule has 0 saturated carbocycles. The van der Waals surface area contributed by atoms with E-state index in [1.807, 2.05) is 26.0 Å². The Balaban J connectivity index is 0.00000220. The Labute approximate surface area is 138 Å². The molecule has 1 aliphatic heterocycles. The third-order valence-electron chi connectivity index (χ3n) is 3.18. The van der Waals surface area contributed by atoms with E-state index >= 15 is 0 Å². The van der Waals surface area contributed by atoms with Crippen LogP contribution >= 0.6 is 0 Å². The summed E-state index contributed by atoms with van der Waals surface area (Å²) >= 11 is 0. The number of hydrogen-bond acceptors (Lipinski definition) is 3. The third kappa shape index (κ3) is 4.78. The SMILES string of the molecule is CC1(C)C=[C-]C(C(=O)NC2CCC(=O)NC2=O)=CC=C1.[W]. The van der Waals surface area contributed by atoms with Gasteiger partial charge >= 0.3 is 0 Å². The van der Waals surface area contributed by atoms with Gasteiger partial charge in [0, 0.05) is 27.5 Å². The van der Waals surface area contributed by atoms with E-state index in [9.17, 15) is 14.4 Å². The van der Waals surface area contributed by atoms with E-state index in [0.29, 0.717) is 12.0 Å². The van der Waals surface area contributed by atoms with Crippen LogP contribution in [0, 0.1) is 11.5 Å². The van der Waals surface area contributed by atoms with Crippen LogP contribution in [0.15, 0.2) is 29.9 Å². The van der Waals surface area contributed by atoms with Crippen LogP contribution in [0.5, 0.6) is 0 Å². The van der Waals surface area contributed by atoms with E-state index in [2.05, 4.69) is 16.7 Å². The summed E-state index contributed by atoms with van der Waals surface area (Å²) in [7, 11) is 0. The number of allylic oxidation sites excluding steroid dienone is 4. The second-order valence-corrected chi connectivity index (χ2v) is 5.53. The number of imide groups is 1. The number of nitrogens with one attached hydrogen (secondary N) is 2. The maximum absolute atomic E-state index is 12.1. The molecule has 1 atom stereocenters. The van der Waals surface area contributed by atoms with Crippen molar-refractivity contribution in [2.45, 2.75) is 32.7 Å². The minimum absolute atomic E-state index is 0. The average Bonchev–Trinajstić information content (AvgIpc) is 2.54. The first-order chi connectivity index (χ1) is 9.37. The molecule has 0 aromatic rings. The summed E-state index contributed by atoms with van der Waals surface area (Å²) in [5.74, 6) is -1.12. The first kappa shape index (κ1) is 17.6. The van der Waals surface area contributed by atoms with Crippen LogP contribution in [0.3, 0.4) is 0 Å². The van der Waals surface area contributed by atoms with Crippen LogP contribution in [0.25, 0.3) is 0 Å². The van der Waals surface area contributed by atoms with Crippen molar-refractivity contribution < 1.29 is 35.4 Å². The molecule has 5 nitrogen and oxygen atoms in total. The molecule has 1 unspecified atom stereocenters. The summed E-state index contributed by atoms with van der Waals surface area (Å²) in [6, 6.07) is -0.664. The Kier molecular flexibility index (Phi) is 5.85. The van der Waals surface area contributed by atoms with Gasteiger partial charge in [-0.2, -0.15) is 12.2 Å². The molecule has 0 radical (unpaired) electrons. The summed E-state index contributed by atoms with van der Waals surface area (Å²) in [6.07, 6.45) is 10.8. The molecule has 112 valence electrons. The summed E-state index contributed by atoms with van der Waals surface area (Å²) in [4.78, 5) is 34.7. The number of carbonyl (C=O) groups is 3. The largest absolute Gasteiger partial charge is 0.394 e. The van der Waals surface area contributed by atoms with Crippen molar-refractivity contribution in [2.75, 3.05) is 0 Å². The fraction of sp³-hybridized carbons (Fsp3) is 0.400. The van der Waals surface area contributed by atoms with E-state index in [4.69, 9.17) is 0 Å². The Bertz CT molecular complexity index is 547. The van der Waals surface area contributed by atoms with Gasteiger partial charge in [0.2, 0.25) is 11.8 Å². The molecule has 0 aromatic heterocycles. The number of hydrogen-bond donors (Lipinski definition) is 2. The zero-order valence-corrected chi connectivity index (χ0v) is 14.9. The molecule has 1 aliphatic carbocycles. The van der Waals surface area contributed by atoms with Crippen LogP contribution < -0.4 is 10.6 Å². The molecule has 0 spiro atoms. The molecule has 0 aromatic carbocycles. The van der Waals surface area contributed by atoms with Crippen LogP contribution in [0.4, 0.5) is 0 Å². The van der Waals surface area contributed by atoms with Crippen molar-refractivity contribution in [1.29, 1.82) is 0 Å². The van der Waals surface area contributed by atoms with E-state index in [-0.39, 0.29) is 44.7 Å². The van der Waals surface area contributed by atoms with Crippen LogP contribution in [-0.4, -0.2) is 23.8 Å². The first-order valence-corrected chi connectivity index (χ1v) is 6.52. The Morgan fingerprint density at radius 1 is 1.43 bits per heavy atom. The van der Waals surface area contributed by atoms with Crippen LogP contribution in [-0.2, 0) is 35.4 Å².